The molecule has 5 aromatic rings. The summed E-state index contributed by atoms with van der Waals surface area (Å²) >= 11 is 1.70. The van der Waals surface area contributed by atoms with Crippen LogP contribution in [0.4, 0.5) is 5.69 Å². The average Bonchev–Trinajstić information content (AvgIpc) is 3.47. The van der Waals surface area contributed by atoms with Crippen LogP contribution in [0.2, 0.25) is 0 Å². The number of nitrogens with one attached hydrogen (secondary N) is 1. The second kappa shape index (κ2) is 9.11. The summed E-state index contributed by atoms with van der Waals surface area (Å²) in [7, 11) is 0. The van der Waals surface area contributed by atoms with Crippen molar-refractivity contribution in [2.24, 2.45) is 0 Å². The van der Waals surface area contributed by atoms with Crippen LogP contribution < -0.4 is 5.32 Å². The van der Waals surface area contributed by atoms with Crippen LogP contribution in [0.25, 0.3) is 5.65 Å². The summed E-state index contributed by atoms with van der Waals surface area (Å²) < 4.78 is 3.87. The molecule has 6 nitrogen and oxygen atoms in total. The number of hydrogen-bond donors (Lipinski definition) is 1. The van der Waals surface area contributed by atoms with Gasteiger partial charge in [-0.05, 0) is 60.2 Å². The highest BCUT2D eigenvalue weighted by molar-refractivity contribution is 7.98. The third-order valence-corrected chi connectivity index (χ3v) is 6.05. The molecule has 3 heterocycles. The van der Waals surface area contributed by atoms with E-state index >= 15 is 0 Å². The molecule has 0 radical (unpaired) electrons. The first-order chi connectivity index (χ1) is 15.7. The summed E-state index contributed by atoms with van der Waals surface area (Å²) in [6.45, 7) is 0.662. The number of hydrogen-bond acceptors (Lipinski definition) is 4. The van der Waals surface area contributed by atoms with E-state index in [1.54, 1.807) is 18.0 Å². The van der Waals surface area contributed by atoms with Gasteiger partial charge >= 0.3 is 0 Å². The summed E-state index contributed by atoms with van der Waals surface area (Å²) in [5, 5.41) is 7.21. The second-order valence-corrected chi connectivity index (χ2v) is 8.42. The number of carbonyl (C=O) groups excluding carboxylic acids is 1. The van der Waals surface area contributed by atoms with Crippen molar-refractivity contribution in [2.45, 2.75) is 17.2 Å². The molecular weight excluding hydrogens is 418 g/mol. The van der Waals surface area contributed by atoms with Crippen LogP contribution in [0.1, 0.15) is 21.6 Å². The van der Waals surface area contributed by atoms with Gasteiger partial charge in [-0.1, -0.05) is 18.2 Å². The monoisotopic (exact) mass is 439 g/mol. The number of fused-ring (bicyclic) bond motifs is 1. The van der Waals surface area contributed by atoms with Crippen molar-refractivity contribution in [1.29, 1.82) is 0 Å². The molecule has 0 aliphatic carbocycles. The van der Waals surface area contributed by atoms with Crippen LogP contribution in [0.3, 0.4) is 0 Å². The van der Waals surface area contributed by atoms with Gasteiger partial charge in [-0.25, -0.2) is 4.98 Å². The molecule has 0 bridgehead atoms. The summed E-state index contributed by atoms with van der Waals surface area (Å²) in [4.78, 5) is 18.4. The zero-order valence-corrected chi connectivity index (χ0v) is 18.1. The number of carbonyl (C=O) groups is 1. The first kappa shape index (κ1) is 20.1. The lowest BCUT2D eigenvalue weighted by molar-refractivity contribution is 0.102. The van der Waals surface area contributed by atoms with E-state index in [-0.39, 0.29) is 5.91 Å². The van der Waals surface area contributed by atoms with E-state index in [1.807, 2.05) is 100 Å². The number of aromatic nitrogens is 4. The fourth-order valence-electron chi connectivity index (χ4n) is 3.45. The minimum atomic E-state index is -0.127. The van der Waals surface area contributed by atoms with Crippen LogP contribution >= 0.6 is 11.8 Å². The minimum absolute atomic E-state index is 0.127. The molecule has 1 N–H and O–H groups in total. The van der Waals surface area contributed by atoms with Crippen molar-refractivity contribution in [3.63, 3.8) is 0 Å². The molecule has 5 rings (SSSR count). The van der Waals surface area contributed by atoms with E-state index in [0.29, 0.717) is 12.1 Å². The predicted octanol–water partition coefficient (Wildman–Crippen LogP) is 5.12. The Bertz CT molecular complexity index is 1310. The largest absolute Gasteiger partial charge is 0.322 e. The molecule has 0 unspecified atom stereocenters. The van der Waals surface area contributed by atoms with Crippen molar-refractivity contribution >= 4 is 29.0 Å². The van der Waals surface area contributed by atoms with Crippen molar-refractivity contribution < 1.29 is 4.79 Å². The smallest absolute Gasteiger partial charge is 0.255 e. The first-order valence-electron chi connectivity index (χ1n) is 10.3. The number of amides is 1. The number of thioether (sulfide) groups is 1. The molecular formula is C25H21N5OS. The number of pyridine rings is 1. The Balaban J connectivity index is 1.19. The maximum Gasteiger partial charge on any atom is 0.255 e. The molecule has 0 fully saturated rings. The quantitative estimate of drug-likeness (QED) is 0.357. The Hall–Kier alpha value is -3.84. The highest BCUT2D eigenvalue weighted by Crippen LogP contribution is 2.23. The summed E-state index contributed by atoms with van der Waals surface area (Å²) in [6, 6.07) is 23.3. The van der Waals surface area contributed by atoms with Crippen molar-refractivity contribution in [3.8, 4) is 0 Å². The van der Waals surface area contributed by atoms with Gasteiger partial charge in [-0.2, -0.15) is 5.10 Å². The Morgan fingerprint density at radius 2 is 1.88 bits per heavy atom. The molecule has 0 saturated carbocycles. The maximum atomic E-state index is 12.7. The topological polar surface area (TPSA) is 64.2 Å². The second-order valence-electron chi connectivity index (χ2n) is 7.37. The van der Waals surface area contributed by atoms with E-state index in [9.17, 15) is 4.79 Å². The lowest BCUT2D eigenvalue weighted by Gasteiger charge is -2.08. The van der Waals surface area contributed by atoms with Gasteiger partial charge in [-0.15, -0.1) is 11.8 Å². The van der Waals surface area contributed by atoms with Crippen molar-refractivity contribution in [1.82, 2.24) is 19.2 Å². The van der Waals surface area contributed by atoms with E-state index in [2.05, 4.69) is 15.4 Å². The Labute approximate surface area is 189 Å². The van der Waals surface area contributed by atoms with Crippen LogP contribution in [0.15, 0.2) is 102 Å². The van der Waals surface area contributed by atoms with E-state index in [0.717, 1.165) is 33.2 Å². The van der Waals surface area contributed by atoms with Crippen molar-refractivity contribution in [2.75, 3.05) is 5.32 Å². The average molecular weight is 440 g/mol. The molecule has 32 heavy (non-hydrogen) atoms. The van der Waals surface area contributed by atoms with Gasteiger partial charge in [-0.3, -0.25) is 9.48 Å². The number of anilines is 1. The van der Waals surface area contributed by atoms with E-state index in [4.69, 9.17) is 0 Å². The Morgan fingerprint density at radius 3 is 2.69 bits per heavy atom. The number of rotatable bonds is 7. The van der Waals surface area contributed by atoms with Gasteiger partial charge in [0, 0.05) is 46.7 Å². The number of imidazole rings is 1. The Kier molecular flexibility index (Phi) is 5.72. The molecule has 0 aliphatic rings. The summed E-state index contributed by atoms with van der Waals surface area (Å²) in [6.07, 6.45) is 7.71. The zero-order valence-electron chi connectivity index (χ0n) is 17.3. The zero-order chi connectivity index (χ0) is 21.8. The summed E-state index contributed by atoms with van der Waals surface area (Å²) in [5.41, 5.74) is 4.44. The fourth-order valence-corrected chi connectivity index (χ4v) is 4.23. The van der Waals surface area contributed by atoms with Crippen LogP contribution in [-0.2, 0) is 12.3 Å². The van der Waals surface area contributed by atoms with Crippen molar-refractivity contribution in [3.05, 3.63) is 114 Å². The number of benzene rings is 2. The van der Waals surface area contributed by atoms with E-state index in [1.165, 1.54) is 0 Å². The normalized spacial score (nSPS) is 11.0. The maximum absolute atomic E-state index is 12.7. The minimum Gasteiger partial charge on any atom is -0.322 e. The Morgan fingerprint density at radius 1 is 0.969 bits per heavy atom. The molecule has 0 aliphatic heterocycles. The van der Waals surface area contributed by atoms with Gasteiger partial charge in [0.15, 0.2) is 0 Å². The van der Waals surface area contributed by atoms with Crippen LogP contribution in [-0.4, -0.2) is 25.1 Å². The van der Waals surface area contributed by atoms with Gasteiger partial charge in [0.25, 0.3) is 5.91 Å². The third kappa shape index (κ3) is 4.73. The van der Waals surface area contributed by atoms with E-state index < -0.39 is 0 Å². The standard InChI is InChI=1S/C25H21N5OS/c31-25(28-21-6-3-5-19(15-21)16-30-14-4-12-26-30)20-8-10-23(11-9-20)32-18-22-17-29-13-2-1-7-24(29)27-22/h1-15,17H,16,18H2,(H,28,31). The molecule has 1 amide bonds. The fraction of sp³-hybridized carbons (Fsp3) is 0.0800. The SMILES string of the molecule is O=C(Nc1cccc(Cn2cccn2)c1)c1ccc(SCc2cn3ccccc3n2)cc1. The van der Waals surface area contributed by atoms with Gasteiger partial charge in [0.1, 0.15) is 5.65 Å². The molecule has 7 heteroatoms. The molecule has 3 aromatic heterocycles. The lowest BCUT2D eigenvalue weighted by atomic mass is 10.1. The molecule has 2 aromatic carbocycles. The molecule has 0 spiro atoms. The third-order valence-electron chi connectivity index (χ3n) is 5.01. The molecule has 158 valence electrons. The highest BCUT2D eigenvalue weighted by atomic mass is 32.2. The number of nitrogens with zero attached hydrogens (tertiary/aromatic N) is 4. The molecule has 0 atom stereocenters. The van der Waals surface area contributed by atoms with Gasteiger partial charge in [0.2, 0.25) is 0 Å². The lowest BCUT2D eigenvalue weighted by Crippen LogP contribution is -2.12. The summed E-state index contributed by atoms with van der Waals surface area (Å²) in [5.74, 6) is 0.647. The highest BCUT2D eigenvalue weighted by Gasteiger charge is 2.08. The van der Waals surface area contributed by atoms with Crippen LogP contribution in [0.5, 0.6) is 0 Å². The van der Waals surface area contributed by atoms with Gasteiger partial charge < -0.3 is 9.72 Å². The predicted molar refractivity (Wildman–Crippen MR) is 127 cm³/mol. The van der Waals surface area contributed by atoms with Crippen LogP contribution in [0, 0.1) is 0 Å². The van der Waals surface area contributed by atoms with Gasteiger partial charge in [0.05, 0.1) is 12.2 Å². The molecule has 0 saturated heterocycles. The first-order valence-corrected chi connectivity index (χ1v) is 11.2.